The van der Waals surface area contributed by atoms with Crippen molar-refractivity contribution < 1.29 is 14.0 Å². The number of nitrogens with zero attached hydrogens (tertiary/aromatic N) is 1. The molecule has 0 spiro atoms. The number of para-hydroxylation sites is 1. The summed E-state index contributed by atoms with van der Waals surface area (Å²) in [6.07, 6.45) is 0. The summed E-state index contributed by atoms with van der Waals surface area (Å²) in [4.78, 5) is 27.8. The van der Waals surface area contributed by atoms with Crippen LogP contribution < -0.4 is 5.32 Å². The van der Waals surface area contributed by atoms with E-state index in [4.69, 9.17) is 0 Å². The molecule has 5 heteroatoms. The van der Waals surface area contributed by atoms with E-state index in [1.54, 1.807) is 12.1 Å². The van der Waals surface area contributed by atoms with Gasteiger partial charge in [0.25, 0.3) is 11.8 Å². The summed E-state index contributed by atoms with van der Waals surface area (Å²) < 4.78 is 13.2. The first-order chi connectivity index (χ1) is 14.4. The van der Waals surface area contributed by atoms with Gasteiger partial charge in [0, 0.05) is 5.69 Å². The maximum Gasteiger partial charge on any atom is 0.278 e. The first kappa shape index (κ1) is 19.6. The van der Waals surface area contributed by atoms with Gasteiger partial charge in [0.15, 0.2) is 0 Å². The van der Waals surface area contributed by atoms with E-state index in [0.717, 1.165) is 16.8 Å². The second kappa shape index (κ2) is 7.95. The lowest BCUT2D eigenvalue weighted by Crippen LogP contribution is -2.32. The Hall–Kier alpha value is -3.73. The average Bonchev–Trinajstić information content (AvgIpc) is 2.97. The number of halogens is 1. The Bertz CT molecular complexity index is 1150. The van der Waals surface area contributed by atoms with Crippen LogP contribution in [0.2, 0.25) is 0 Å². The third-order valence-electron chi connectivity index (χ3n) is 5.26. The normalized spacial score (nSPS) is 13.9. The molecule has 1 heterocycles. The van der Waals surface area contributed by atoms with Crippen molar-refractivity contribution in [1.29, 1.82) is 0 Å². The average molecular weight is 400 g/mol. The maximum atomic E-state index is 13.3. The summed E-state index contributed by atoms with van der Waals surface area (Å²) in [5.74, 6) is -1.13. The molecule has 0 fully saturated rings. The zero-order chi connectivity index (χ0) is 21.3. The second-order valence-electron chi connectivity index (χ2n) is 7.36. The molecule has 30 heavy (non-hydrogen) atoms. The molecule has 2 amide bonds. The summed E-state index contributed by atoms with van der Waals surface area (Å²) in [6.45, 7) is 4.05. The summed E-state index contributed by atoms with van der Waals surface area (Å²) in [6, 6.07) is 20.8. The molecule has 3 aromatic rings. The Kier molecular flexibility index (Phi) is 5.19. The van der Waals surface area contributed by atoms with Crippen molar-refractivity contribution >= 4 is 23.1 Å². The standard InChI is InChI=1S/C25H21FN2O2/c1-16-8-11-19(14-17(16)2)22-23(27-21-6-4-3-5-7-21)25(30)28(24(22)29)15-18-9-12-20(26)13-10-18/h3-14,27H,15H2,1-2H3. The molecule has 1 aliphatic rings. The molecule has 0 unspecified atom stereocenters. The van der Waals surface area contributed by atoms with Gasteiger partial charge in [-0.2, -0.15) is 0 Å². The highest BCUT2D eigenvalue weighted by Gasteiger charge is 2.39. The number of benzene rings is 3. The van der Waals surface area contributed by atoms with Crippen molar-refractivity contribution in [2.45, 2.75) is 20.4 Å². The fourth-order valence-corrected chi connectivity index (χ4v) is 3.44. The van der Waals surface area contributed by atoms with Crippen LogP contribution in [-0.4, -0.2) is 16.7 Å². The number of carbonyl (C=O) groups is 2. The number of hydrogen-bond donors (Lipinski definition) is 1. The van der Waals surface area contributed by atoms with Crippen LogP contribution in [0.4, 0.5) is 10.1 Å². The maximum absolute atomic E-state index is 13.3. The lowest BCUT2D eigenvalue weighted by Gasteiger charge is -2.15. The zero-order valence-corrected chi connectivity index (χ0v) is 16.8. The van der Waals surface area contributed by atoms with Gasteiger partial charge < -0.3 is 5.32 Å². The molecule has 150 valence electrons. The number of carbonyl (C=O) groups excluding carboxylic acids is 2. The van der Waals surface area contributed by atoms with Crippen LogP contribution in [0.15, 0.2) is 78.5 Å². The number of nitrogens with one attached hydrogen (secondary N) is 1. The van der Waals surface area contributed by atoms with Crippen molar-refractivity contribution in [3.8, 4) is 0 Å². The molecule has 0 atom stereocenters. The molecular formula is C25H21FN2O2. The molecule has 1 N–H and O–H groups in total. The van der Waals surface area contributed by atoms with Gasteiger partial charge in [-0.05, 0) is 60.4 Å². The highest BCUT2D eigenvalue weighted by Crippen LogP contribution is 2.32. The fourth-order valence-electron chi connectivity index (χ4n) is 3.44. The van der Waals surface area contributed by atoms with Crippen LogP contribution in [0.3, 0.4) is 0 Å². The number of rotatable bonds is 5. The predicted octanol–water partition coefficient (Wildman–Crippen LogP) is 4.83. The molecule has 4 rings (SSSR count). The van der Waals surface area contributed by atoms with E-state index in [9.17, 15) is 14.0 Å². The van der Waals surface area contributed by atoms with E-state index in [1.807, 2.05) is 62.4 Å². The molecule has 0 aliphatic carbocycles. The first-order valence-electron chi connectivity index (χ1n) is 9.68. The van der Waals surface area contributed by atoms with Gasteiger partial charge in [-0.25, -0.2) is 4.39 Å². The lowest BCUT2D eigenvalue weighted by molar-refractivity contribution is -0.137. The van der Waals surface area contributed by atoms with Gasteiger partial charge in [0.1, 0.15) is 11.5 Å². The zero-order valence-electron chi connectivity index (χ0n) is 16.8. The third kappa shape index (κ3) is 3.74. The minimum absolute atomic E-state index is 0.0757. The van der Waals surface area contributed by atoms with Crippen LogP contribution in [-0.2, 0) is 16.1 Å². The summed E-state index contributed by atoms with van der Waals surface area (Å²) in [5.41, 5.74) is 4.83. The molecular weight excluding hydrogens is 379 g/mol. The van der Waals surface area contributed by atoms with Crippen LogP contribution in [0, 0.1) is 19.7 Å². The molecule has 0 bridgehead atoms. The Balaban J connectivity index is 1.75. The van der Waals surface area contributed by atoms with E-state index in [2.05, 4.69) is 5.32 Å². The van der Waals surface area contributed by atoms with E-state index >= 15 is 0 Å². The molecule has 3 aromatic carbocycles. The molecule has 0 aromatic heterocycles. The van der Waals surface area contributed by atoms with Crippen molar-refractivity contribution in [2.24, 2.45) is 0 Å². The van der Waals surface area contributed by atoms with Gasteiger partial charge in [-0.1, -0.05) is 48.5 Å². The van der Waals surface area contributed by atoms with Crippen molar-refractivity contribution in [1.82, 2.24) is 4.90 Å². The van der Waals surface area contributed by atoms with Crippen LogP contribution in [0.25, 0.3) is 5.57 Å². The van der Waals surface area contributed by atoms with Crippen molar-refractivity contribution in [3.63, 3.8) is 0 Å². The first-order valence-corrected chi connectivity index (χ1v) is 9.68. The van der Waals surface area contributed by atoms with E-state index < -0.39 is 5.91 Å². The number of aryl methyl sites for hydroxylation is 2. The monoisotopic (exact) mass is 400 g/mol. The van der Waals surface area contributed by atoms with Crippen LogP contribution in [0.1, 0.15) is 22.3 Å². The van der Waals surface area contributed by atoms with Gasteiger partial charge in [0.2, 0.25) is 0 Å². The number of anilines is 1. The number of imide groups is 1. The Labute approximate surface area is 174 Å². The molecule has 0 saturated heterocycles. The van der Waals surface area contributed by atoms with Gasteiger partial charge in [-0.3, -0.25) is 14.5 Å². The van der Waals surface area contributed by atoms with Crippen molar-refractivity contribution in [2.75, 3.05) is 5.32 Å². The van der Waals surface area contributed by atoms with Crippen molar-refractivity contribution in [3.05, 3.63) is 107 Å². The number of amides is 2. The van der Waals surface area contributed by atoms with E-state index in [1.165, 1.54) is 17.0 Å². The summed E-state index contributed by atoms with van der Waals surface area (Å²) in [5, 5.41) is 3.14. The Morgan fingerprint density at radius 1 is 0.833 bits per heavy atom. The third-order valence-corrected chi connectivity index (χ3v) is 5.26. The fraction of sp³-hybridized carbons (Fsp3) is 0.120. The SMILES string of the molecule is Cc1ccc(C2=C(Nc3ccccc3)C(=O)N(Cc3ccc(F)cc3)C2=O)cc1C. The summed E-state index contributed by atoms with van der Waals surface area (Å²) in [7, 11) is 0. The van der Waals surface area contributed by atoms with Gasteiger partial charge >= 0.3 is 0 Å². The topological polar surface area (TPSA) is 49.4 Å². The highest BCUT2D eigenvalue weighted by atomic mass is 19.1. The molecule has 1 aliphatic heterocycles. The number of hydrogen-bond acceptors (Lipinski definition) is 3. The smallest absolute Gasteiger partial charge is 0.278 e. The highest BCUT2D eigenvalue weighted by molar-refractivity contribution is 6.36. The van der Waals surface area contributed by atoms with Gasteiger partial charge in [-0.15, -0.1) is 0 Å². The second-order valence-corrected chi connectivity index (χ2v) is 7.36. The van der Waals surface area contributed by atoms with Crippen LogP contribution in [0.5, 0.6) is 0 Å². The van der Waals surface area contributed by atoms with Gasteiger partial charge in [0.05, 0.1) is 12.1 Å². The van der Waals surface area contributed by atoms with Crippen LogP contribution >= 0.6 is 0 Å². The lowest BCUT2D eigenvalue weighted by atomic mass is 9.99. The minimum atomic E-state index is -0.401. The van der Waals surface area contributed by atoms with E-state index in [-0.39, 0.29) is 24.0 Å². The molecule has 0 saturated carbocycles. The molecule has 0 radical (unpaired) electrons. The minimum Gasteiger partial charge on any atom is -0.350 e. The largest absolute Gasteiger partial charge is 0.350 e. The predicted molar refractivity (Wildman–Crippen MR) is 115 cm³/mol. The van der Waals surface area contributed by atoms with E-state index in [0.29, 0.717) is 16.7 Å². The Morgan fingerprint density at radius 2 is 1.53 bits per heavy atom. The Morgan fingerprint density at radius 3 is 2.20 bits per heavy atom. The quantitative estimate of drug-likeness (QED) is 0.624. The molecule has 4 nitrogen and oxygen atoms in total. The summed E-state index contributed by atoms with van der Waals surface area (Å²) >= 11 is 0.